The van der Waals surface area contributed by atoms with Crippen molar-refractivity contribution in [3.8, 4) is 0 Å². The quantitative estimate of drug-likeness (QED) is 0.325. The van der Waals surface area contributed by atoms with E-state index in [-0.39, 0.29) is 11.8 Å². The molecule has 178 valence electrons. The Morgan fingerprint density at radius 2 is 1.70 bits per heavy atom. The van der Waals surface area contributed by atoms with Crippen LogP contribution < -0.4 is 16.0 Å². The number of ketones is 1. The number of benzene rings is 1. The van der Waals surface area contributed by atoms with Gasteiger partial charge in [-0.1, -0.05) is 33.6 Å². The number of anilines is 3. The van der Waals surface area contributed by atoms with Crippen LogP contribution in [-0.4, -0.2) is 40.0 Å². The molecule has 0 saturated carbocycles. The summed E-state index contributed by atoms with van der Waals surface area (Å²) < 4.78 is 2.09. The number of aromatic nitrogens is 3. The lowest BCUT2D eigenvalue weighted by atomic mass is 10.1. The van der Waals surface area contributed by atoms with Gasteiger partial charge in [0.15, 0.2) is 11.4 Å². The minimum atomic E-state index is 0.0286. The van der Waals surface area contributed by atoms with E-state index in [2.05, 4.69) is 47.7 Å². The second kappa shape index (κ2) is 11.8. The van der Waals surface area contributed by atoms with Gasteiger partial charge < -0.3 is 16.0 Å². The molecule has 0 saturated heterocycles. The molecule has 7 heteroatoms. The lowest BCUT2D eigenvalue weighted by Crippen LogP contribution is -2.26. The summed E-state index contributed by atoms with van der Waals surface area (Å²) in [6.45, 7) is 10.9. The zero-order valence-corrected chi connectivity index (χ0v) is 20.5. The summed E-state index contributed by atoms with van der Waals surface area (Å²) in [5.41, 5.74) is 9.33. The van der Waals surface area contributed by atoms with Crippen molar-refractivity contribution in [2.24, 2.45) is 5.73 Å². The number of nitrogens with zero attached hydrogens (tertiary/aromatic N) is 4. The SMILES string of the molecule is CCCCN(CCCC)c1ccc2nc(Nc3ccc(C(=O)CC)cc3)n(C(C)CN)c2n1. The van der Waals surface area contributed by atoms with Gasteiger partial charge in [0, 0.05) is 43.3 Å². The van der Waals surface area contributed by atoms with Gasteiger partial charge in [-0.3, -0.25) is 9.36 Å². The zero-order chi connectivity index (χ0) is 23.8. The maximum absolute atomic E-state index is 11.9. The molecule has 0 amide bonds. The van der Waals surface area contributed by atoms with Gasteiger partial charge in [0.2, 0.25) is 5.95 Å². The van der Waals surface area contributed by atoms with E-state index in [9.17, 15) is 4.79 Å². The Morgan fingerprint density at radius 3 is 2.27 bits per heavy atom. The lowest BCUT2D eigenvalue weighted by molar-refractivity contribution is 0.0988. The van der Waals surface area contributed by atoms with Crippen LogP contribution in [0.2, 0.25) is 0 Å². The fourth-order valence-corrected chi connectivity index (χ4v) is 3.86. The van der Waals surface area contributed by atoms with Gasteiger partial charge in [-0.2, -0.15) is 0 Å². The molecule has 3 aromatic rings. The summed E-state index contributed by atoms with van der Waals surface area (Å²) in [6, 6.07) is 11.7. The van der Waals surface area contributed by atoms with E-state index in [0.29, 0.717) is 18.9 Å². The number of unbranched alkanes of at least 4 members (excludes halogenated alkanes) is 2. The maximum atomic E-state index is 11.9. The smallest absolute Gasteiger partial charge is 0.209 e. The van der Waals surface area contributed by atoms with Crippen LogP contribution in [0.4, 0.5) is 17.5 Å². The van der Waals surface area contributed by atoms with Crippen LogP contribution in [0.15, 0.2) is 36.4 Å². The molecule has 2 aromatic heterocycles. The highest BCUT2D eigenvalue weighted by Gasteiger charge is 2.19. The second-order valence-corrected chi connectivity index (χ2v) is 8.58. The molecule has 0 spiro atoms. The molecule has 0 bridgehead atoms. The van der Waals surface area contributed by atoms with Gasteiger partial charge in [-0.05, 0) is 56.2 Å². The van der Waals surface area contributed by atoms with Gasteiger partial charge in [0.1, 0.15) is 11.3 Å². The predicted octanol–water partition coefficient (Wildman–Crippen LogP) is 5.69. The van der Waals surface area contributed by atoms with Crippen molar-refractivity contribution < 1.29 is 4.79 Å². The van der Waals surface area contributed by atoms with Crippen molar-refractivity contribution >= 4 is 34.4 Å². The summed E-state index contributed by atoms with van der Waals surface area (Å²) in [5, 5.41) is 3.41. The number of rotatable bonds is 13. The molecule has 33 heavy (non-hydrogen) atoms. The first kappa shape index (κ1) is 24.7. The Labute approximate surface area is 197 Å². The Hall–Kier alpha value is -2.93. The number of hydrogen-bond acceptors (Lipinski definition) is 6. The minimum absolute atomic E-state index is 0.0286. The minimum Gasteiger partial charge on any atom is -0.357 e. The first-order valence-electron chi connectivity index (χ1n) is 12.3. The number of nitrogens with two attached hydrogens (primary N) is 1. The molecule has 3 N–H and O–H groups in total. The van der Waals surface area contributed by atoms with Crippen molar-refractivity contribution in [2.45, 2.75) is 65.8 Å². The molecule has 0 aliphatic rings. The number of pyridine rings is 1. The molecule has 0 fully saturated rings. The number of fused-ring (bicyclic) bond motifs is 1. The lowest BCUT2D eigenvalue weighted by Gasteiger charge is -2.24. The van der Waals surface area contributed by atoms with Crippen molar-refractivity contribution in [2.75, 3.05) is 29.9 Å². The van der Waals surface area contributed by atoms with E-state index < -0.39 is 0 Å². The van der Waals surface area contributed by atoms with Crippen molar-refractivity contribution in [3.63, 3.8) is 0 Å². The number of imidazole rings is 1. The molecule has 1 unspecified atom stereocenters. The first-order valence-corrected chi connectivity index (χ1v) is 12.3. The van der Waals surface area contributed by atoms with Crippen LogP contribution >= 0.6 is 0 Å². The van der Waals surface area contributed by atoms with Crippen molar-refractivity contribution in [3.05, 3.63) is 42.0 Å². The highest BCUT2D eigenvalue weighted by molar-refractivity contribution is 5.96. The Kier molecular flexibility index (Phi) is 8.83. The highest BCUT2D eigenvalue weighted by atomic mass is 16.1. The maximum Gasteiger partial charge on any atom is 0.209 e. The van der Waals surface area contributed by atoms with Crippen LogP contribution in [-0.2, 0) is 0 Å². The summed E-state index contributed by atoms with van der Waals surface area (Å²) in [6.07, 6.45) is 5.10. The molecule has 7 nitrogen and oxygen atoms in total. The molecule has 3 rings (SSSR count). The number of nitrogens with one attached hydrogen (secondary N) is 1. The van der Waals surface area contributed by atoms with Crippen LogP contribution in [0.5, 0.6) is 0 Å². The van der Waals surface area contributed by atoms with Crippen LogP contribution in [0.3, 0.4) is 0 Å². The average molecular weight is 451 g/mol. The Balaban J connectivity index is 1.97. The predicted molar refractivity (Wildman–Crippen MR) is 138 cm³/mol. The number of carbonyl (C=O) groups excluding carboxylic acids is 1. The van der Waals surface area contributed by atoms with Gasteiger partial charge in [-0.25, -0.2) is 9.97 Å². The standard InChI is InChI=1S/C26H38N6O/c1-5-8-16-31(17-9-6-2)24-15-14-22-25(30-24)32(19(4)18-27)26(29-22)28-21-12-10-20(11-13-21)23(33)7-3/h10-15,19H,5-9,16-18,27H2,1-4H3,(H,28,29). The topological polar surface area (TPSA) is 89.1 Å². The summed E-state index contributed by atoms with van der Waals surface area (Å²) in [7, 11) is 0. The van der Waals surface area contributed by atoms with Crippen LogP contribution in [0, 0.1) is 0 Å². The van der Waals surface area contributed by atoms with Gasteiger partial charge in [-0.15, -0.1) is 0 Å². The number of Topliss-reactive ketones (excluding diaryl/α,β-unsaturated/α-hetero) is 1. The third-order valence-corrected chi connectivity index (χ3v) is 5.98. The molecular weight excluding hydrogens is 412 g/mol. The average Bonchev–Trinajstić information content (AvgIpc) is 3.20. The van der Waals surface area contributed by atoms with Gasteiger partial charge >= 0.3 is 0 Å². The monoisotopic (exact) mass is 450 g/mol. The largest absolute Gasteiger partial charge is 0.357 e. The molecular formula is C26H38N6O. The molecule has 0 aliphatic carbocycles. The molecule has 2 heterocycles. The Morgan fingerprint density at radius 1 is 1.03 bits per heavy atom. The van der Waals surface area contributed by atoms with Crippen molar-refractivity contribution in [1.82, 2.24) is 14.5 Å². The highest BCUT2D eigenvalue weighted by Crippen LogP contribution is 2.28. The van der Waals surface area contributed by atoms with E-state index in [4.69, 9.17) is 15.7 Å². The third-order valence-electron chi connectivity index (χ3n) is 5.98. The van der Waals surface area contributed by atoms with Crippen molar-refractivity contribution in [1.29, 1.82) is 0 Å². The van der Waals surface area contributed by atoms with Gasteiger partial charge in [0.05, 0.1) is 0 Å². The van der Waals surface area contributed by atoms with E-state index in [1.54, 1.807) is 0 Å². The summed E-state index contributed by atoms with van der Waals surface area (Å²) >= 11 is 0. The second-order valence-electron chi connectivity index (χ2n) is 8.58. The van der Waals surface area contributed by atoms with E-state index >= 15 is 0 Å². The molecule has 1 aromatic carbocycles. The summed E-state index contributed by atoms with van der Waals surface area (Å²) in [4.78, 5) is 24.2. The Bertz CT molecular complexity index is 1030. The normalized spacial score (nSPS) is 12.2. The van der Waals surface area contributed by atoms with Crippen LogP contribution in [0.1, 0.15) is 76.2 Å². The first-order chi connectivity index (χ1) is 16.0. The fraction of sp³-hybridized carbons (Fsp3) is 0.500. The van der Waals surface area contributed by atoms with E-state index in [1.807, 2.05) is 31.2 Å². The van der Waals surface area contributed by atoms with Gasteiger partial charge in [0.25, 0.3) is 0 Å². The van der Waals surface area contributed by atoms with Crippen LogP contribution in [0.25, 0.3) is 11.2 Å². The van der Waals surface area contributed by atoms with E-state index in [0.717, 1.165) is 67.0 Å². The molecule has 0 aliphatic heterocycles. The number of hydrogen-bond donors (Lipinski definition) is 2. The van der Waals surface area contributed by atoms with E-state index in [1.165, 1.54) is 0 Å². The molecule has 1 atom stereocenters. The summed E-state index contributed by atoms with van der Waals surface area (Å²) in [5.74, 6) is 1.83. The molecule has 0 radical (unpaired) electrons. The third kappa shape index (κ3) is 5.90. The zero-order valence-electron chi connectivity index (χ0n) is 20.5. The fourth-order valence-electron chi connectivity index (χ4n) is 3.86. The number of carbonyl (C=O) groups is 1.